The van der Waals surface area contributed by atoms with Crippen molar-refractivity contribution in [3.05, 3.63) is 0 Å². The molecule has 2 saturated carbocycles. The van der Waals surface area contributed by atoms with E-state index >= 15 is 0 Å². The van der Waals surface area contributed by atoms with Gasteiger partial charge in [0.25, 0.3) is 0 Å². The minimum Gasteiger partial charge on any atom is -0.382 e. The SMILES string of the molecule is CCC1CCCCC1OC1CC(Cl)C1OCCOC. The molecule has 0 saturated heterocycles. The van der Waals surface area contributed by atoms with E-state index in [0.29, 0.717) is 19.3 Å². The lowest BCUT2D eigenvalue weighted by Gasteiger charge is -2.44. The molecule has 0 bridgehead atoms. The van der Waals surface area contributed by atoms with Gasteiger partial charge in [-0.3, -0.25) is 0 Å². The third-order valence-corrected chi connectivity index (χ3v) is 4.92. The molecule has 0 radical (unpaired) electrons. The zero-order valence-corrected chi connectivity index (χ0v) is 12.9. The van der Waals surface area contributed by atoms with Gasteiger partial charge in [-0.05, 0) is 25.2 Å². The maximum atomic E-state index is 6.29. The van der Waals surface area contributed by atoms with Crippen LogP contribution in [0.2, 0.25) is 0 Å². The number of alkyl halides is 1. The van der Waals surface area contributed by atoms with Crippen molar-refractivity contribution in [3.8, 4) is 0 Å². The average Bonchev–Trinajstić information content (AvgIpc) is 2.43. The van der Waals surface area contributed by atoms with E-state index in [9.17, 15) is 0 Å². The second kappa shape index (κ2) is 7.82. The molecule has 0 aromatic carbocycles. The lowest BCUT2D eigenvalue weighted by atomic mass is 9.83. The van der Waals surface area contributed by atoms with Gasteiger partial charge in [0.1, 0.15) is 6.10 Å². The summed E-state index contributed by atoms with van der Waals surface area (Å²) in [7, 11) is 1.68. The summed E-state index contributed by atoms with van der Waals surface area (Å²) in [6, 6.07) is 0. The number of ether oxygens (including phenoxy) is 3. The minimum atomic E-state index is 0.0521. The highest BCUT2D eigenvalue weighted by atomic mass is 35.5. The molecule has 2 rings (SSSR count). The van der Waals surface area contributed by atoms with Gasteiger partial charge in [0, 0.05) is 7.11 Å². The Balaban J connectivity index is 1.77. The lowest BCUT2D eigenvalue weighted by Crippen LogP contribution is -2.53. The van der Waals surface area contributed by atoms with E-state index in [0.717, 1.165) is 12.3 Å². The third-order valence-electron chi connectivity index (χ3n) is 4.49. The van der Waals surface area contributed by atoms with E-state index in [-0.39, 0.29) is 17.6 Å². The lowest BCUT2D eigenvalue weighted by molar-refractivity contribution is -0.168. The molecule has 0 N–H and O–H groups in total. The second-order valence-corrected chi connectivity index (χ2v) is 6.31. The van der Waals surface area contributed by atoms with Crippen molar-refractivity contribution < 1.29 is 14.2 Å². The third kappa shape index (κ3) is 4.07. The molecule has 0 heterocycles. The number of rotatable bonds is 7. The summed E-state index contributed by atoms with van der Waals surface area (Å²) in [5, 5.41) is 0.102. The average molecular weight is 291 g/mol. The van der Waals surface area contributed by atoms with Crippen LogP contribution in [-0.4, -0.2) is 44.0 Å². The van der Waals surface area contributed by atoms with Crippen molar-refractivity contribution in [1.82, 2.24) is 0 Å². The van der Waals surface area contributed by atoms with Crippen molar-refractivity contribution >= 4 is 11.6 Å². The first-order chi connectivity index (χ1) is 9.26. The van der Waals surface area contributed by atoms with Crippen molar-refractivity contribution in [3.63, 3.8) is 0 Å². The van der Waals surface area contributed by atoms with E-state index in [2.05, 4.69) is 6.92 Å². The molecule has 0 aromatic rings. The van der Waals surface area contributed by atoms with Gasteiger partial charge >= 0.3 is 0 Å². The van der Waals surface area contributed by atoms with E-state index in [1.807, 2.05) is 0 Å². The van der Waals surface area contributed by atoms with Crippen LogP contribution < -0.4 is 0 Å². The molecule has 4 heteroatoms. The molecule has 2 fully saturated rings. The zero-order chi connectivity index (χ0) is 13.7. The summed E-state index contributed by atoms with van der Waals surface area (Å²) in [5.41, 5.74) is 0. The van der Waals surface area contributed by atoms with Gasteiger partial charge in [0.2, 0.25) is 0 Å². The Bertz CT molecular complexity index is 262. The molecule has 0 amide bonds. The Morgan fingerprint density at radius 1 is 1.11 bits per heavy atom. The predicted molar refractivity (Wildman–Crippen MR) is 76.8 cm³/mol. The molecule has 5 atom stereocenters. The van der Waals surface area contributed by atoms with Crippen LogP contribution in [0.25, 0.3) is 0 Å². The molecular weight excluding hydrogens is 264 g/mol. The Hall–Kier alpha value is 0.170. The van der Waals surface area contributed by atoms with Crippen LogP contribution >= 0.6 is 11.6 Å². The molecule has 0 aliphatic heterocycles. The predicted octanol–water partition coefficient (Wildman–Crippen LogP) is 3.38. The topological polar surface area (TPSA) is 27.7 Å². The highest BCUT2D eigenvalue weighted by Gasteiger charge is 2.43. The Morgan fingerprint density at radius 3 is 2.58 bits per heavy atom. The van der Waals surface area contributed by atoms with Gasteiger partial charge in [-0.2, -0.15) is 0 Å². The fourth-order valence-electron chi connectivity index (χ4n) is 3.18. The summed E-state index contributed by atoms with van der Waals surface area (Å²) in [4.78, 5) is 0. The maximum absolute atomic E-state index is 6.29. The number of methoxy groups -OCH3 is 1. The maximum Gasteiger partial charge on any atom is 0.100 e. The van der Waals surface area contributed by atoms with Crippen LogP contribution in [-0.2, 0) is 14.2 Å². The van der Waals surface area contributed by atoms with Gasteiger partial charge in [0.15, 0.2) is 0 Å². The van der Waals surface area contributed by atoms with Gasteiger partial charge in [-0.15, -0.1) is 11.6 Å². The largest absolute Gasteiger partial charge is 0.382 e. The summed E-state index contributed by atoms with van der Waals surface area (Å²) >= 11 is 6.23. The van der Waals surface area contributed by atoms with Crippen LogP contribution in [0.15, 0.2) is 0 Å². The first kappa shape index (κ1) is 15.6. The molecule has 19 heavy (non-hydrogen) atoms. The number of hydrogen-bond acceptors (Lipinski definition) is 3. The van der Waals surface area contributed by atoms with Crippen LogP contribution in [0.3, 0.4) is 0 Å². The highest BCUT2D eigenvalue weighted by molar-refractivity contribution is 6.21. The van der Waals surface area contributed by atoms with Crippen molar-refractivity contribution in [2.24, 2.45) is 5.92 Å². The van der Waals surface area contributed by atoms with Gasteiger partial charge in [-0.1, -0.05) is 26.2 Å². The quantitative estimate of drug-likeness (QED) is 0.531. The van der Waals surface area contributed by atoms with Crippen molar-refractivity contribution in [1.29, 1.82) is 0 Å². The first-order valence-corrected chi connectivity index (χ1v) is 8.10. The normalized spacial score (nSPS) is 39.0. The van der Waals surface area contributed by atoms with Gasteiger partial charge in [0.05, 0.1) is 30.8 Å². The summed E-state index contributed by atoms with van der Waals surface area (Å²) in [6.07, 6.45) is 7.97. The molecule has 2 aliphatic rings. The van der Waals surface area contributed by atoms with Gasteiger partial charge < -0.3 is 14.2 Å². The minimum absolute atomic E-state index is 0.0521. The van der Waals surface area contributed by atoms with Crippen LogP contribution in [0.5, 0.6) is 0 Å². The smallest absolute Gasteiger partial charge is 0.100 e. The molecule has 3 nitrogen and oxygen atoms in total. The monoisotopic (exact) mass is 290 g/mol. The molecule has 0 spiro atoms. The van der Waals surface area contributed by atoms with Crippen molar-refractivity contribution in [2.45, 2.75) is 69.1 Å². The zero-order valence-electron chi connectivity index (χ0n) is 12.1. The Kier molecular flexibility index (Phi) is 6.40. The van der Waals surface area contributed by atoms with Gasteiger partial charge in [-0.25, -0.2) is 0 Å². The first-order valence-electron chi connectivity index (χ1n) is 7.66. The van der Waals surface area contributed by atoms with Crippen LogP contribution in [0.4, 0.5) is 0 Å². The van der Waals surface area contributed by atoms with E-state index in [1.54, 1.807) is 7.11 Å². The molecule has 0 aromatic heterocycles. The second-order valence-electron chi connectivity index (χ2n) is 5.75. The number of halogens is 1. The highest BCUT2D eigenvalue weighted by Crippen LogP contribution is 2.37. The summed E-state index contributed by atoms with van der Waals surface area (Å²) in [5.74, 6) is 0.725. The fourth-order valence-corrected chi connectivity index (χ4v) is 3.59. The summed E-state index contributed by atoms with van der Waals surface area (Å²) < 4.78 is 17.1. The molecular formula is C15H27ClO3. The van der Waals surface area contributed by atoms with E-state index in [4.69, 9.17) is 25.8 Å². The molecule has 5 unspecified atom stereocenters. The van der Waals surface area contributed by atoms with E-state index < -0.39 is 0 Å². The summed E-state index contributed by atoms with van der Waals surface area (Å²) in [6.45, 7) is 3.49. The van der Waals surface area contributed by atoms with Crippen LogP contribution in [0, 0.1) is 5.92 Å². The van der Waals surface area contributed by atoms with E-state index in [1.165, 1.54) is 32.1 Å². The Morgan fingerprint density at radius 2 is 1.89 bits per heavy atom. The Labute approximate surface area is 121 Å². The molecule has 112 valence electrons. The standard InChI is InChI=1S/C15H27ClO3/c1-3-11-6-4-5-7-13(11)19-14-10-12(16)15(14)18-9-8-17-2/h11-15H,3-10H2,1-2H3. The number of hydrogen-bond donors (Lipinski definition) is 0. The van der Waals surface area contributed by atoms with Crippen LogP contribution in [0.1, 0.15) is 45.4 Å². The van der Waals surface area contributed by atoms with Crippen molar-refractivity contribution in [2.75, 3.05) is 20.3 Å². The molecule has 2 aliphatic carbocycles. The fraction of sp³-hybridized carbons (Fsp3) is 1.00.